The summed E-state index contributed by atoms with van der Waals surface area (Å²) >= 11 is 0. The van der Waals surface area contributed by atoms with Crippen LogP contribution in [0, 0.1) is 5.82 Å². The first-order valence-corrected chi connectivity index (χ1v) is 7.37. The molecular weight excluding hydrogens is 301 g/mol. The Bertz CT molecular complexity index is 606. The SMILES string of the molecule is CC1CN(Cc2ccc(-c3ccncc3)cc2F)CCN1.Cl. The summed E-state index contributed by atoms with van der Waals surface area (Å²) in [5.41, 5.74) is 2.65. The summed E-state index contributed by atoms with van der Waals surface area (Å²) in [7, 11) is 0. The van der Waals surface area contributed by atoms with Crippen molar-refractivity contribution in [2.24, 2.45) is 0 Å². The normalized spacial score (nSPS) is 18.7. The van der Waals surface area contributed by atoms with Gasteiger partial charge >= 0.3 is 0 Å². The molecule has 0 amide bonds. The van der Waals surface area contributed by atoms with Gasteiger partial charge in [-0.05, 0) is 36.2 Å². The lowest BCUT2D eigenvalue weighted by Crippen LogP contribution is -2.48. The highest BCUT2D eigenvalue weighted by atomic mass is 35.5. The molecule has 1 aliphatic heterocycles. The summed E-state index contributed by atoms with van der Waals surface area (Å²) in [4.78, 5) is 6.29. The molecule has 0 saturated carbocycles. The van der Waals surface area contributed by atoms with Crippen LogP contribution in [0.4, 0.5) is 4.39 Å². The average Bonchev–Trinajstić information content (AvgIpc) is 2.50. The smallest absolute Gasteiger partial charge is 0.128 e. The second-order valence-corrected chi connectivity index (χ2v) is 5.63. The molecule has 1 atom stereocenters. The highest BCUT2D eigenvalue weighted by Gasteiger charge is 2.17. The van der Waals surface area contributed by atoms with Crippen molar-refractivity contribution in [2.75, 3.05) is 19.6 Å². The third-order valence-electron chi connectivity index (χ3n) is 3.91. The van der Waals surface area contributed by atoms with Crippen LogP contribution in [-0.2, 0) is 6.54 Å². The number of benzene rings is 1. The molecule has 2 heterocycles. The first kappa shape index (κ1) is 16.9. The zero-order chi connectivity index (χ0) is 14.7. The molecule has 1 aromatic carbocycles. The Morgan fingerprint density at radius 1 is 1.23 bits per heavy atom. The van der Waals surface area contributed by atoms with Gasteiger partial charge in [-0.3, -0.25) is 9.88 Å². The van der Waals surface area contributed by atoms with E-state index < -0.39 is 0 Å². The van der Waals surface area contributed by atoms with Gasteiger partial charge in [-0.1, -0.05) is 12.1 Å². The second-order valence-electron chi connectivity index (χ2n) is 5.63. The predicted molar refractivity (Wildman–Crippen MR) is 89.6 cm³/mol. The van der Waals surface area contributed by atoms with Crippen molar-refractivity contribution in [2.45, 2.75) is 19.5 Å². The van der Waals surface area contributed by atoms with Crippen molar-refractivity contribution in [3.63, 3.8) is 0 Å². The van der Waals surface area contributed by atoms with Crippen molar-refractivity contribution >= 4 is 12.4 Å². The van der Waals surface area contributed by atoms with E-state index in [1.165, 1.54) is 0 Å². The number of nitrogens with one attached hydrogen (secondary N) is 1. The fourth-order valence-corrected chi connectivity index (χ4v) is 2.80. The third-order valence-corrected chi connectivity index (χ3v) is 3.91. The van der Waals surface area contributed by atoms with E-state index in [1.807, 2.05) is 24.3 Å². The van der Waals surface area contributed by atoms with Crippen LogP contribution >= 0.6 is 12.4 Å². The van der Waals surface area contributed by atoms with Gasteiger partial charge in [0.1, 0.15) is 5.82 Å². The second kappa shape index (κ2) is 7.68. The Hall–Kier alpha value is -1.49. The minimum absolute atomic E-state index is 0. The summed E-state index contributed by atoms with van der Waals surface area (Å²) in [5, 5.41) is 3.40. The molecular formula is C17H21ClFN3. The lowest BCUT2D eigenvalue weighted by molar-refractivity contribution is 0.197. The summed E-state index contributed by atoms with van der Waals surface area (Å²) in [6.45, 7) is 5.74. The molecule has 1 aliphatic rings. The molecule has 1 saturated heterocycles. The van der Waals surface area contributed by atoms with Gasteiger partial charge in [-0.2, -0.15) is 0 Å². The standard InChI is InChI=1S/C17H20FN3.ClH/c1-13-11-21(9-8-20-13)12-16-3-2-15(10-17(16)18)14-4-6-19-7-5-14;/h2-7,10,13,20H,8-9,11-12H2,1H3;1H. The molecule has 1 fully saturated rings. The molecule has 1 N–H and O–H groups in total. The van der Waals surface area contributed by atoms with Gasteiger partial charge in [0.25, 0.3) is 0 Å². The van der Waals surface area contributed by atoms with Crippen LogP contribution in [0.15, 0.2) is 42.7 Å². The molecule has 3 rings (SSSR count). The Morgan fingerprint density at radius 3 is 2.68 bits per heavy atom. The van der Waals surface area contributed by atoms with Gasteiger partial charge in [0, 0.05) is 50.2 Å². The molecule has 0 spiro atoms. The van der Waals surface area contributed by atoms with E-state index >= 15 is 0 Å². The minimum atomic E-state index is -0.129. The lowest BCUT2D eigenvalue weighted by atomic mass is 10.0. The fraction of sp³-hybridized carbons (Fsp3) is 0.353. The Balaban J connectivity index is 0.00000176. The van der Waals surface area contributed by atoms with Crippen LogP contribution in [-0.4, -0.2) is 35.6 Å². The van der Waals surface area contributed by atoms with Crippen molar-refractivity contribution < 1.29 is 4.39 Å². The van der Waals surface area contributed by atoms with Crippen LogP contribution in [0.25, 0.3) is 11.1 Å². The first-order valence-electron chi connectivity index (χ1n) is 7.37. The molecule has 0 radical (unpaired) electrons. The fourth-order valence-electron chi connectivity index (χ4n) is 2.80. The van der Waals surface area contributed by atoms with E-state index in [9.17, 15) is 4.39 Å². The number of nitrogens with zero attached hydrogens (tertiary/aromatic N) is 2. The number of hydrogen-bond donors (Lipinski definition) is 1. The van der Waals surface area contributed by atoms with E-state index in [-0.39, 0.29) is 18.2 Å². The van der Waals surface area contributed by atoms with Gasteiger partial charge in [0.15, 0.2) is 0 Å². The van der Waals surface area contributed by atoms with Gasteiger partial charge in [-0.25, -0.2) is 4.39 Å². The lowest BCUT2D eigenvalue weighted by Gasteiger charge is -2.31. The van der Waals surface area contributed by atoms with Gasteiger partial charge in [0.05, 0.1) is 0 Å². The number of aromatic nitrogens is 1. The van der Waals surface area contributed by atoms with Crippen molar-refractivity contribution in [3.8, 4) is 11.1 Å². The molecule has 118 valence electrons. The van der Waals surface area contributed by atoms with E-state index in [4.69, 9.17) is 0 Å². The molecule has 22 heavy (non-hydrogen) atoms. The van der Waals surface area contributed by atoms with Gasteiger partial charge in [-0.15, -0.1) is 12.4 Å². The topological polar surface area (TPSA) is 28.2 Å². The predicted octanol–water partition coefficient (Wildman–Crippen LogP) is 3.10. The van der Waals surface area contributed by atoms with Gasteiger partial charge < -0.3 is 5.32 Å². The molecule has 5 heteroatoms. The minimum Gasteiger partial charge on any atom is -0.312 e. The molecule has 3 nitrogen and oxygen atoms in total. The maximum atomic E-state index is 14.3. The van der Waals surface area contributed by atoms with Crippen LogP contribution in [0.2, 0.25) is 0 Å². The van der Waals surface area contributed by atoms with E-state index in [0.717, 1.165) is 36.3 Å². The van der Waals surface area contributed by atoms with Crippen molar-refractivity contribution in [3.05, 3.63) is 54.1 Å². The number of halogens is 2. The maximum Gasteiger partial charge on any atom is 0.128 e. The largest absolute Gasteiger partial charge is 0.312 e. The van der Waals surface area contributed by atoms with Crippen molar-refractivity contribution in [1.29, 1.82) is 0 Å². The zero-order valence-corrected chi connectivity index (χ0v) is 13.4. The average molecular weight is 322 g/mol. The molecule has 0 bridgehead atoms. The zero-order valence-electron chi connectivity index (χ0n) is 12.6. The Kier molecular flexibility index (Phi) is 5.89. The van der Waals surface area contributed by atoms with Crippen LogP contribution in [0.1, 0.15) is 12.5 Å². The Morgan fingerprint density at radius 2 is 2.00 bits per heavy atom. The van der Waals surface area contributed by atoms with E-state index in [2.05, 4.69) is 22.1 Å². The summed E-state index contributed by atoms with van der Waals surface area (Å²) in [5.74, 6) is -0.129. The molecule has 1 unspecified atom stereocenters. The van der Waals surface area contributed by atoms with Crippen LogP contribution in [0.3, 0.4) is 0 Å². The van der Waals surface area contributed by atoms with Crippen LogP contribution in [0.5, 0.6) is 0 Å². The maximum absolute atomic E-state index is 14.3. The third kappa shape index (κ3) is 4.03. The number of hydrogen-bond acceptors (Lipinski definition) is 3. The van der Waals surface area contributed by atoms with Crippen molar-refractivity contribution in [1.82, 2.24) is 15.2 Å². The summed E-state index contributed by atoms with van der Waals surface area (Å²) in [6, 6.07) is 9.77. The van der Waals surface area contributed by atoms with Crippen LogP contribution < -0.4 is 5.32 Å². The number of piperazine rings is 1. The number of pyridine rings is 1. The van der Waals surface area contributed by atoms with E-state index in [0.29, 0.717) is 12.6 Å². The molecule has 2 aromatic rings. The van der Waals surface area contributed by atoms with Gasteiger partial charge in [0.2, 0.25) is 0 Å². The molecule has 1 aromatic heterocycles. The Labute approximate surface area is 137 Å². The first-order chi connectivity index (χ1) is 10.2. The monoisotopic (exact) mass is 321 g/mol. The van der Waals surface area contributed by atoms with E-state index in [1.54, 1.807) is 18.5 Å². The highest BCUT2D eigenvalue weighted by Crippen LogP contribution is 2.22. The molecule has 0 aliphatic carbocycles. The quantitative estimate of drug-likeness (QED) is 0.941. The number of rotatable bonds is 3. The summed E-state index contributed by atoms with van der Waals surface area (Å²) in [6.07, 6.45) is 3.45. The summed E-state index contributed by atoms with van der Waals surface area (Å²) < 4.78 is 14.3. The highest BCUT2D eigenvalue weighted by molar-refractivity contribution is 5.85.